The smallest absolute Gasteiger partial charge is 0.251 e. The van der Waals surface area contributed by atoms with E-state index in [1.807, 2.05) is 12.1 Å². The number of hydrogen-bond donors (Lipinski definition) is 3. The van der Waals surface area contributed by atoms with E-state index < -0.39 is 5.60 Å². The molecule has 1 rings (SSSR count). The van der Waals surface area contributed by atoms with Crippen LogP contribution in [0.5, 0.6) is 0 Å². The molecule has 0 aliphatic carbocycles. The molecule has 4 nitrogen and oxygen atoms in total. The van der Waals surface area contributed by atoms with Crippen LogP contribution in [-0.4, -0.2) is 29.7 Å². The predicted octanol–water partition coefficient (Wildman–Crippen LogP) is 0.689. The molecule has 0 atom stereocenters. The van der Waals surface area contributed by atoms with Gasteiger partial charge in [-0.05, 0) is 44.5 Å². The second-order valence-corrected chi connectivity index (χ2v) is 4.73. The van der Waals surface area contributed by atoms with Crippen molar-refractivity contribution in [3.63, 3.8) is 0 Å². The minimum atomic E-state index is -0.894. The summed E-state index contributed by atoms with van der Waals surface area (Å²) in [5, 5.41) is 12.2. The molecule has 1 aromatic carbocycles. The quantitative estimate of drug-likeness (QED) is 0.704. The van der Waals surface area contributed by atoms with E-state index in [2.05, 4.69) is 5.32 Å². The average molecular weight is 236 g/mol. The molecule has 4 heteroatoms. The third kappa shape index (κ3) is 4.97. The van der Waals surface area contributed by atoms with E-state index in [0.717, 1.165) is 12.0 Å². The first-order valence-electron chi connectivity index (χ1n) is 5.72. The lowest BCUT2D eigenvalue weighted by atomic mass is 10.1. The van der Waals surface area contributed by atoms with Gasteiger partial charge in [-0.1, -0.05) is 12.1 Å². The third-order valence-corrected chi connectivity index (χ3v) is 2.33. The second kappa shape index (κ2) is 5.80. The van der Waals surface area contributed by atoms with Gasteiger partial charge in [0.2, 0.25) is 0 Å². The second-order valence-electron chi connectivity index (χ2n) is 4.73. The number of amides is 1. The van der Waals surface area contributed by atoms with Crippen molar-refractivity contribution < 1.29 is 9.90 Å². The van der Waals surface area contributed by atoms with E-state index >= 15 is 0 Å². The van der Waals surface area contributed by atoms with Gasteiger partial charge >= 0.3 is 0 Å². The van der Waals surface area contributed by atoms with Crippen molar-refractivity contribution in [2.45, 2.75) is 25.9 Å². The number of aliphatic hydroxyl groups is 1. The van der Waals surface area contributed by atoms with Crippen LogP contribution in [0, 0.1) is 0 Å². The molecule has 4 N–H and O–H groups in total. The van der Waals surface area contributed by atoms with Gasteiger partial charge in [-0.15, -0.1) is 0 Å². The molecule has 0 heterocycles. The van der Waals surface area contributed by atoms with Crippen molar-refractivity contribution in [1.82, 2.24) is 5.32 Å². The average Bonchev–Trinajstić information content (AvgIpc) is 2.26. The normalized spacial score (nSPS) is 11.3. The van der Waals surface area contributed by atoms with Gasteiger partial charge in [0.25, 0.3) is 5.91 Å². The zero-order valence-corrected chi connectivity index (χ0v) is 10.4. The van der Waals surface area contributed by atoms with Crippen LogP contribution in [0.2, 0.25) is 0 Å². The first-order chi connectivity index (χ1) is 7.92. The fraction of sp³-hybridized carbons (Fsp3) is 0.462. The Morgan fingerprint density at radius 3 is 2.41 bits per heavy atom. The summed E-state index contributed by atoms with van der Waals surface area (Å²) in [7, 11) is 0. The van der Waals surface area contributed by atoms with Crippen molar-refractivity contribution in [2.75, 3.05) is 13.1 Å². The Bertz CT molecular complexity index is 366. The van der Waals surface area contributed by atoms with Gasteiger partial charge in [0.15, 0.2) is 0 Å². The molecule has 0 fully saturated rings. The topological polar surface area (TPSA) is 75.3 Å². The van der Waals surface area contributed by atoms with Crippen molar-refractivity contribution in [2.24, 2.45) is 5.73 Å². The number of carbonyl (C=O) groups is 1. The SMILES string of the molecule is CC(C)(O)CNC(=O)c1ccc(CCN)cc1. The molecular formula is C13H20N2O2. The molecule has 0 unspecified atom stereocenters. The lowest BCUT2D eigenvalue weighted by Gasteiger charge is -2.17. The molecule has 1 aromatic rings. The zero-order chi connectivity index (χ0) is 12.9. The Kier molecular flexibility index (Phi) is 4.66. The molecule has 0 spiro atoms. The van der Waals surface area contributed by atoms with Crippen LogP contribution in [0.1, 0.15) is 29.8 Å². The molecule has 0 aliphatic rings. The van der Waals surface area contributed by atoms with Gasteiger partial charge in [-0.3, -0.25) is 4.79 Å². The maximum Gasteiger partial charge on any atom is 0.251 e. The largest absolute Gasteiger partial charge is 0.389 e. The lowest BCUT2D eigenvalue weighted by Crippen LogP contribution is -2.38. The number of carbonyl (C=O) groups excluding carboxylic acids is 1. The summed E-state index contributed by atoms with van der Waals surface area (Å²) in [6.45, 7) is 4.13. The summed E-state index contributed by atoms with van der Waals surface area (Å²) < 4.78 is 0. The highest BCUT2D eigenvalue weighted by Gasteiger charge is 2.14. The molecule has 0 saturated carbocycles. The van der Waals surface area contributed by atoms with Crippen LogP contribution < -0.4 is 11.1 Å². The summed E-state index contributed by atoms with van der Waals surface area (Å²) in [5.74, 6) is -0.175. The van der Waals surface area contributed by atoms with Gasteiger partial charge in [0.1, 0.15) is 0 Å². The molecule has 17 heavy (non-hydrogen) atoms. The minimum absolute atomic E-state index is 0.175. The van der Waals surface area contributed by atoms with Crippen molar-refractivity contribution in [3.8, 4) is 0 Å². The van der Waals surface area contributed by atoms with Crippen LogP contribution in [0.3, 0.4) is 0 Å². The predicted molar refractivity (Wildman–Crippen MR) is 67.8 cm³/mol. The number of nitrogens with two attached hydrogens (primary N) is 1. The molecule has 0 aromatic heterocycles. The van der Waals surface area contributed by atoms with Crippen molar-refractivity contribution >= 4 is 5.91 Å². The number of rotatable bonds is 5. The highest BCUT2D eigenvalue weighted by atomic mass is 16.3. The van der Waals surface area contributed by atoms with Gasteiger partial charge in [0, 0.05) is 12.1 Å². The van der Waals surface area contributed by atoms with Crippen molar-refractivity contribution in [3.05, 3.63) is 35.4 Å². The van der Waals surface area contributed by atoms with Gasteiger partial charge in [0.05, 0.1) is 5.60 Å². The summed E-state index contributed by atoms with van der Waals surface area (Å²) >= 11 is 0. The molecule has 0 radical (unpaired) electrons. The van der Waals surface area contributed by atoms with Crippen LogP contribution in [0.15, 0.2) is 24.3 Å². The van der Waals surface area contributed by atoms with Gasteiger partial charge < -0.3 is 16.2 Å². The summed E-state index contributed by atoms with van der Waals surface area (Å²) in [5.41, 5.74) is 6.26. The van der Waals surface area contributed by atoms with E-state index in [0.29, 0.717) is 12.1 Å². The van der Waals surface area contributed by atoms with Crippen LogP contribution in [0.4, 0.5) is 0 Å². The first kappa shape index (κ1) is 13.7. The van der Waals surface area contributed by atoms with E-state index in [9.17, 15) is 9.90 Å². The van der Waals surface area contributed by atoms with E-state index in [1.165, 1.54) is 0 Å². The minimum Gasteiger partial charge on any atom is -0.389 e. The molecule has 0 aliphatic heterocycles. The van der Waals surface area contributed by atoms with Crippen LogP contribution >= 0.6 is 0 Å². The number of hydrogen-bond acceptors (Lipinski definition) is 3. The van der Waals surface area contributed by atoms with Crippen LogP contribution in [0.25, 0.3) is 0 Å². The highest BCUT2D eigenvalue weighted by Crippen LogP contribution is 2.05. The lowest BCUT2D eigenvalue weighted by molar-refractivity contribution is 0.0694. The number of nitrogens with one attached hydrogen (secondary N) is 1. The monoisotopic (exact) mass is 236 g/mol. The zero-order valence-electron chi connectivity index (χ0n) is 10.4. The molecule has 94 valence electrons. The fourth-order valence-corrected chi connectivity index (χ4v) is 1.39. The molecule has 0 bridgehead atoms. The number of benzene rings is 1. The summed E-state index contributed by atoms with van der Waals surface area (Å²) in [6.07, 6.45) is 0.811. The summed E-state index contributed by atoms with van der Waals surface area (Å²) in [6, 6.07) is 7.33. The molecule has 0 saturated heterocycles. The standard InChI is InChI=1S/C13H20N2O2/c1-13(2,17)9-15-12(16)11-5-3-10(4-6-11)7-8-14/h3-6,17H,7-9,14H2,1-2H3,(H,15,16). The van der Waals surface area contributed by atoms with E-state index in [-0.39, 0.29) is 12.5 Å². The van der Waals surface area contributed by atoms with Crippen molar-refractivity contribution in [1.29, 1.82) is 0 Å². The van der Waals surface area contributed by atoms with Gasteiger partial charge in [-0.25, -0.2) is 0 Å². The first-order valence-corrected chi connectivity index (χ1v) is 5.72. The Morgan fingerprint density at radius 1 is 1.35 bits per heavy atom. The summed E-state index contributed by atoms with van der Waals surface area (Å²) in [4.78, 5) is 11.7. The Balaban J connectivity index is 2.57. The highest BCUT2D eigenvalue weighted by molar-refractivity contribution is 5.94. The maximum absolute atomic E-state index is 11.7. The third-order valence-electron chi connectivity index (χ3n) is 2.33. The van der Waals surface area contributed by atoms with Gasteiger partial charge in [-0.2, -0.15) is 0 Å². The Labute approximate surface area is 102 Å². The van der Waals surface area contributed by atoms with E-state index in [4.69, 9.17) is 5.73 Å². The van der Waals surface area contributed by atoms with E-state index in [1.54, 1.807) is 26.0 Å². The molecule has 1 amide bonds. The maximum atomic E-state index is 11.7. The molecular weight excluding hydrogens is 216 g/mol. The Hall–Kier alpha value is -1.39. The van der Waals surface area contributed by atoms with Crippen LogP contribution in [-0.2, 0) is 6.42 Å². The Morgan fingerprint density at radius 2 is 1.94 bits per heavy atom. The fourth-order valence-electron chi connectivity index (χ4n) is 1.39.